The first-order valence-electron chi connectivity index (χ1n) is 8.92. The standard InChI is InChI=1S/C20H24N2O5/c1-12-9-16(13-5-4-8-21-11-13)27-20(24)18(12)19(23)22-14-6-7-15(25-2)17(10-14)26-3/h6-7,9-10,13,21H,4-5,8,11H2,1-3H3,(H,22,23). The van der Waals surface area contributed by atoms with Crippen LogP contribution in [-0.4, -0.2) is 33.2 Å². The maximum absolute atomic E-state index is 12.6. The van der Waals surface area contributed by atoms with Crippen molar-refractivity contribution in [1.29, 1.82) is 0 Å². The molecule has 2 aromatic rings. The van der Waals surface area contributed by atoms with Crippen molar-refractivity contribution in [1.82, 2.24) is 5.32 Å². The summed E-state index contributed by atoms with van der Waals surface area (Å²) >= 11 is 0. The smallest absolute Gasteiger partial charge is 0.349 e. The van der Waals surface area contributed by atoms with Crippen LogP contribution in [-0.2, 0) is 0 Å². The summed E-state index contributed by atoms with van der Waals surface area (Å²) in [6, 6.07) is 6.79. The fourth-order valence-electron chi connectivity index (χ4n) is 3.31. The van der Waals surface area contributed by atoms with Crippen LogP contribution in [0.1, 0.15) is 40.4 Å². The van der Waals surface area contributed by atoms with E-state index in [-0.39, 0.29) is 11.5 Å². The summed E-state index contributed by atoms with van der Waals surface area (Å²) in [6.07, 6.45) is 2.00. The van der Waals surface area contributed by atoms with Gasteiger partial charge in [-0.15, -0.1) is 0 Å². The Balaban J connectivity index is 1.83. The van der Waals surface area contributed by atoms with Gasteiger partial charge in [0.1, 0.15) is 11.3 Å². The van der Waals surface area contributed by atoms with Crippen LogP contribution in [0.2, 0.25) is 0 Å². The van der Waals surface area contributed by atoms with Gasteiger partial charge in [0.05, 0.1) is 14.2 Å². The molecule has 1 aromatic heterocycles. The first-order chi connectivity index (χ1) is 13.0. The predicted molar refractivity (Wildman–Crippen MR) is 102 cm³/mol. The van der Waals surface area contributed by atoms with Crippen molar-refractivity contribution in [3.63, 3.8) is 0 Å². The summed E-state index contributed by atoms with van der Waals surface area (Å²) in [7, 11) is 3.05. The molecule has 7 heteroatoms. The lowest BCUT2D eigenvalue weighted by atomic mass is 9.95. The van der Waals surface area contributed by atoms with Crippen molar-refractivity contribution in [3.8, 4) is 11.5 Å². The Morgan fingerprint density at radius 1 is 1.22 bits per heavy atom. The molecule has 1 atom stereocenters. The molecule has 27 heavy (non-hydrogen) atoms. The molecule has 0 spiro atoms. The molecule has 1 fully saturated rings. The van der Waals surface area contributed by atoms with E-state index in [1.807, 2.05) is 0 Å². The number of hydrogen-bond acceptors (Lipinski definition) is 6. The van der Waals surface area contributed by atoms with Crippen LogP contribution in [0.5, 0.6) is 11.5 Å². The number of ether oxygens (including phenoxy) is 2. The molecule has 0 aliphatic carbocycles. The monoisotopic (exact) mass is 372 g/mol. The first kappa shape index (κ1) is 19.0. The quantitative estimate of drug-likeness (QED) is 0.839. The van der Waals surface area contributed by atoms with Crippen molar-refractivity contribution in [3.05, 3.63) is 51.6 Å². The molecule has 144 valence electrons. The van der Waals surface area contributed by atoms with Gasteiger partial charge in [-0.05, 0) is 50.1 Å². The van der Waals surface area contributed by atoms with Gasteiger partial charge >= 0.3 is 5.63 Å². The van der Waals surface area contributed by atoms with Gasteiger partial charge < -0.3 is 24.5 Å². The molecule has 1 amide bonds. The van der Waals surface area contributed by atoms with Crippen LogP contribution in [0, 0.1) is 6.92 Å². The summed E-state index contributed by atoms with van der Waals surface area (Å²) in [5.41, 5.74) is 0.493. The Hall–Kier alpha value is -2.80. The number of methoxy groups -OCH3 is 2. The van der Waals surface area contributed by atoms with E-state index in [2.05, 4.69) is 10.6 Å². The molecular formula is C20H24N2O5. The molecule has 1 saturated heterocycles. The van der Waals surface area contributed by atoms with E-state index < -0.39 is 11.5 Å². The number of benzene rings is 1. The second-order valence-corrected chi connectivity index (χ2v) is 6.56. The zero-order valence-electron chi connectivity index (χ0n) is 15.8. The lowest BCUT2D eigenvalue weighted by Crippen LogP contribution is -2.30. The van der Waals surface area contributed by atoms with Gasteiger partial charge in [-0.1, -0.05) is 0 Å². The number of nitrogens with one attached hydrogen (secondary N) is 2. The van der Waals surface area contributed by atoms with Gasteiger partial charge in [-0.3, -0.25) is 4.79 Å². The Labute approximate surface area is 157 Å². The number of anilines is 1. The lowest BCUT2D eigenvalue weighted by Gasteiger charge is -2.22. The summed E-state index contributed by atoms with van der Waals surface area (Å²) < 4.78 is 15.9. The summed E-state index contributed by atoms with van der Waals surface area (Å²) in [5, 5.41) is 6.02. The molecule has 2 N–H and O–H groups in total. The molecule has 3 rings (SSSR count). The molecule has 0 radical (unpaired) electrons. The highest BCUT2D eigenvalue weighted by Crippen LogP contribution is 2.30. The maximum atomic E-state index is 12.6. The molecule has 2 heterocycles. The molecule has 1 aliphatic heterocycles. The SMILES string of the molecule is COc1ccc(NC(=O)c2c(C)cc(C3CCCNC3)oc2=O)cc1OC. The van der Waals surface area contributed by atoms with E-state index in [1.165, 1.54) is 14.2 Å². The number of amides is 1. The highest BCUT2D eigenvalue weighted by molar-refractivity contribution is 6.05. The van der Waals surface area contributed by atoms with Gasteiger partial charge in [-0.25, -0.2) is 4.79 Å². The van der Waals surface area contributed by atoms with Gasteiger partial charge in [0.2, 0.25) is 0 Å². The first-order valence-corrected chi connectivity index (χ1v) is 8.92. The summed E-state index contributed by atoms with van der Waals surface area (Å²) in [5.74, 6) is 1.32. The molecular weight excluding hydrogens is 348 g/mol. The third kappa shape index (κ3) is 4.14. The zero-order valence-corrected chi connectivity index (χ0v) is 15.8. The molecule has 0 bridgehead atoms. The minimum absolute atomic E-state index is 0.0114. The van der Waals surface area contributed by atoms with Crippen molar-refractivity contribution >= 4 is 11.6 Å². The molecule has 1 aromatic carbocycles. The van der Waals surface area contributed by atoms with Crippen molar-refractivity contribution in [2.75, 3.05) is 32.6 Å². The maximum Gasteiger partial charge on any atom is 0.349 e. The largest absolute Gasteiger partial charge is 0.493 e. The highest BCUT2D eigenvalue weighted by Gasteiger charge is 2.22. The molecule has 1 unspecified atom stereocenters. The predicted octanol–water partition coefficient (Wildman–Crippen LogP) is 2.68. The minimum atomic E-state index is -0.617. The number of carbonyl (C=O) groups excluding carboxylic acids is 1. The van der Waals surface area contributed by atoms with Gasteiger partial charge in [0, 0.05) is 24.2 Å². The topological polar surface area (TPSA) is 89.8 Å². The molecule has 1 aliphatic rings. The fourth-order valence-corrected chi connectivity index (χ4v) is 3.31. The number of piperidine rings is 1. The van der Waals surface area contributed by atoms with E-state index in [9.17, 15) is 9.59 Å². The van der Waals surface area contributed by atoms with Crippen LogP contribution in [0.4, 0.5) is 5.69 Å². The van der Waals surface area contributed by atoms with Crippen molar-refractivity contribution < 1.29 is 18.7 Å². The van der Waals surface area contributed by atoms with E-state index in [0.717, 1.165) is 25.9 Å². The Morgan fingerprint density at radius 3 is 2.63 bits per heavy atom. The van der Waals surface area contributed by atoms with E-state index in [4.69, 9.17) is 13.9 Å². The van der Waals surface area contributed by atoms with Gasteiger partial charge in [0.25, 0.3) is 5.91 Å². The van der Waals surface area contributed by atoms with Gasteiger partial charge in [0.15, 0.2) is 11.5 Å². The number of hydrogen-bond donors (Lipinski definition) is 2. The minimum Gasteiger partial charge on any atom is -0.493 e. The molecule has 7 nitrogen and oxygen atoms in total. The normalized spacial score (nSPS) is 16.6. The third-order valence-electron chi connectivity index (χ3n) is 4.74. The van der Waals surface area contributed by atoms with Crippen LogP contribution in [0.3, 0.4) is 0 Å². The summed E-state index contributed by atoms with van der Waals surface area (Å²) in [4.78, 5) is 25.1. The number of rotatable bonds is 5. The van der Waals surface area contributed by atoms with E-state index >= 15 is 0 Å². The van der Waals surface area contributed by atoms with Crippen LogP contribution in [0.15, 0.2) is 33.5 Å². The Bertz CT molecular complexity index is 884. The lowest BCUT2D eigenvalue weighted by molar-refractivity contribution is 0.102. The van der Waals surface area contributed by atoms with Crippen LogP contribution >= 0.6 is 0 Å². The number of aryl methyl sites for hydroxylation is 1. The molecule has 0 saturated carbocycles. The second-order valence-electron chi connectivity index (χ2n) is 6.56. The second kappa shape index (κ2) is 8.26. The fraction of sp³-hybridized carbons (Fsp3) is 0.400. The number of carbonyl (C=O) groups is 1. The summed E-state index contributed by atoms with van der Waals surface area (Å²) in [6.45, 7) is 3.51. The van der Waals surface area contributed by atoms with Crippen LogP contribution in [0.25, 0.3) is 0 Å². The average molecular weight is 372 g/mol. The van der Waals surface area contributed by atoms with E-state index in [0.29, 0.717) is 28.5 Å². The third-order valence-corrected chi connectivity index (χ3v) is 4.74. The average Bonchev–Trinajstić information content (AvgIpc) is 2.68. The van der Waals surface area contributed by atoms with Crippen LogP contribution < -0.4 is 25.7 Å². The highest BCUT2D eigenvalue weighted by atomic mass is 16.5. The van der Waals surface area contributed by atoms with Crippen molar-refractivity contribution in [2.24, 2.45) is 0 Å². The Morgan fingerprint density at radius 2 is 2.00 bits per heavy atom. The van der Waals surface area contributed by atoms with Gasteiger partial charge in [-0.2, -0.15) is 0 Å². The Kier molecular flexibility index (Phi) is 5.81. The van der Waals surface area contributed by atoms with E-state index in [1.54, 1.807) is 31.2 Å². The zero-order chi connectivity index (χ0) is 19.4. The van der Waals surface area contributed by atoms with Crippen molar-refractivity contribution in [2.45, 2.75) is 25.7 Å².